The van der Waals surface area contributed by atoms with E-state index in [-0.39, 0.29) is 6.42 Å². The third kappa shape index (κ3) is 2.80. The van der Waals surface area contributed by atoms with Crippen LogP contribution in [0, 0.1) is 6.92 Å². The lowest BCUT2D eigenvalue weighted by Crippen LogP contribution is -2.19. The molecule has 0 radical (unpaired) electrons. The minimum atomic E-state index is -0.760. The van der Waals surface area contributed by atoms with E-state index in [0.717, 1.165) is 16.8 Å². The van der Waals surface area contributed by atoms with Gasteiger partial charge in [-0.05, 0) is 18.6 Å². The first-order chi connectivity index (χ1) is 8.56. The standard InChI is InChI=1S/C13H16N2O3/c1-9-14-11-6-5-10(8-12(11)18-9)15(2)7-3-4-13(16)17/h5-6,8H,3-4,7H2,1-2H3,(H,16,17). The van der Waals surface area contributed by atoms with Crippen molar-refractivity contribution in [3.63, 3.8) is 0 Å². The molecular weight excluding hydrogens is 232 g/mol. The molecule has 2 aromatic rings. The highest BCUT2D eigenvalue weighted by molar-refractivity contribution is 5.77. The van der Waals surface area contributed by atoms with Gasteiger partial charge in [-0.3, -0.25) is 4.79 Å². The highest BCUT2D eigenvalue weighted by Crippen LogP contribution is 2.22. The van der Waals surface area contributed by atoms with E-state index in [1.165, 1.54) is 0 Å². The fraction of sp³-hybridized carbons (Fsp3) is 0.385. The predicted molar refractivity (Wildman–Crippen MR) is 68.9 cm³/mol. The Kier molecular flexibility index (Phi) is 3.50. The van der Waals surface area contributed by atoms with Crippen molar-refractivity contribution in [2.75, 3.05) is 18.5 Å². The monoisotopic (exact) mass is 248 g/mol. The SMILES string of the molecule is Cc1nc2ccc(N(C)CCCC(=O)O)cc2o1. The summed E-state index contributed by atoms with van der Waals surface area (Å²) in [5.74, 6) is -0.111. The van der Waals surface area contributed by atoms with Crippen LogP contribution in [0.4, 0.5) is 5.69 Å². The van der Waals surface area contributed by atoms with E-state index in [9.17, 15) is 4.79 Å². The summed E-state index contributed by atoms with van der Waals surface area (Å²) < 4.78 is 5.47. The zero-order valence-electron chi connectivity index (χ0n) is 10.5. The van der Waals surface area contributed by atoms with Crippen LogP contribution in [0.1, 0.15) is 18.7 Å². The minimum absolute atomic E-state index is 0.188. The van der Waals surface area contributed by atoms with E-state index < -0.39 is 5.97 Å². The highest BCUT2D eigenvalue weighted by Gasteiger charge is 2.07. The molecule has 1 aromatic carbocycles. The first-order valence-corrected chi connectivity index (χ1v) is 5.86. The van der Waals surface area contributed by atoms with Crippen LogP contribution in [0.15, 0.2) is 22.6 Å². The fourth-order valence-electron chi connectivity index (χ4n) is 1.86. The maximum absolute atomic E-state index is 10.5. The van der Waals surface area contributed by atoms with E-state index in [0.29, 0.717) is 18.9 Å². The number of rotatable bonds is 5. The van der Waals surface area contributed by atoms with Crippen molar-refractivity contribution >= 4 is 22.8 Å². The van der Waals surface area contributed by atoms with Gasteiger partial charge >= 0.3 is 5.97 Å². The molecule has 1 aromatic heterocycles. The Balaban J connectivity index is 2.07. The molecule has 0 aliphatic rings. The molecule has 0 saturated carbocycles. The number of benzene rings is 1. The number of carboxylic acid groups (broad SMARTS) is 1. The number of oxazole rings is 1. The van der Waals surface area contributed by atoms with Gasteiger partial charge in [0.25, 0.3) is 0 Å². The average Bonchev–Trinajstić information content (AvgIpc) is 2.67. The Hall–Kier alpha value is -2.04. The lowest BCUT2D eigenvalue weighted by atomic mass is 10.2. The summed E-state index contributed by atoms with van der Waals surface area (Å²) in [5.41, 5.74) is 2.61. The maximum atomic E-state index is 10.5. The van der Waals surface area contributed by atoms with Crippen LogP contribution in [-0.4, -0.2) is 29.7 Å². The van der Waals surface area contributed by atoms with Crippen LogP contribution in [0.2, 0.25) is 0 Å². The second-order valence-electron chi connectivity index (χ2n) is 4.30. The second-order valence-corrected chi connectivity index (χ2v) is 4.30. The van der Waals surface area contributed by atoms with Gasteiger partial charge in [-0.25, -0.2) is 4.98 Å². The second kappa shape index (κ2) is 5.08. The van der Waals surface area contributed by atoms with Gasteiger partial charge in [0, 0.05) is 38.7 Å². The Morgan fingerprint density at radius 2 is 2.28 bits per heavy atom. The van der Waals surface area contributed by atoms with Crippen LogP contribution < -0.4 is 4.90 Å². The van der Waals surface area contributed by atoms with Gasteiger partial charge < -0.3 is 14.4 Å². The Bertz CT molecular complexity index is 562. The summed E-state index contributed by atoms with van der Waals surface area (Å²) in [5, 5.41) is 8.60. The first kappa shape index (κ1) is 12.4. The van der Waals surface area contributed by atoms with Crippen molar-refractivity contribution in [2.24, 2.45) is 0 Å². The van der Waals surface area contributed by atoms with Gasteiger partial charge in [-0.2, -0.15) is 0 Å². The summed E-state index contributed by atoms with van der Waals surface area (Å²) in [4.78, 5) is 16.7. The van der Waals surface area contributed by atoms with Crippen LogP contribution in [0.5, 0.6) is 0 Å². The molecule has 0 bridgehead atoms. The highest BCUT2D eigenvalue weighted by atomic mass is 16.4. The lowest BCUT2D eigenvalue weighted by Gasteiger charge is -2.18. The third-order valence-electron chi connectivity index (χ3n) is 2.80. The number of fused-ring (bicyclic) bond motifs is 1. The van der Waals surface area contributed by atoms with Crippen molar-refractivity contribution in [2.45, 2.75) is 19.8 Å². The molecule has 0 atom stereocenters. The van der Waals surface area contributed by atoms with Gasteiger partial charge in [0.15, 0.2) is 11.5 Å². The maximum Gasteiger partial charge on any atom is 0.303 e. The van der Waals surface area contributed by atoms with Gasteiger partial charge in [0.1, 0.15) is 5.52 Å². The van der Waals surface area contributed by atoms with Gasteiger partial charge in [0.2, 0.25) is 0 Å². The molecule has 1 N–H and O–H groups in total. The van der Waals surface area contributed by atoms with Crippen molar-refractivity contribution in [1.29, 1.82) is 0 Å². The smallest absolute Gasteiger partial charge is 0.303 e. The van der Waals surface area contributed by atoms with Crippen LogP contribution in [0.25, 0.3) is 11.1 Å². The third-order valence-corrected chi connectivity index (χ3v) is 2.80. The molecule has 1 heterocycles. The molecule has 0 fully saturated rings. The van der Waals surface area contributed by atoms with Crippen LogP contribution in [-0.2, 0) is 4.79 Å². The molecule has 0 aliphatic carbocycles. The number of aromatic nitrogens is 1. The molecule has 0 aliphatic heterocycles. The van der Waals surface area contributed by atoms with E-state index in [4.69, 9.17) is 9.52 Å². The number of anilines is 1. The number of carbonyl (C=O) groups is 1. The Morgan fingerprint density at radius 1 is 1.50 bits per heavy atom. The summed E-state index contributed by atoms with van der Waals surface area (Å²) in [6.45, 7) is 2.52. The van der Waals surface area contributed by atoms with E-state index >= 15 is 0 Å². The van der Waals surface area contributed by atoms with Crippen molar-refractivity contribution in [3.8, 4) is 0 Å². The quantitative estimate of drug-likeness (QED) is 0.880. The number of aryl methyl sites for hydroxylation is 1. The summed E-state index contributed by atoms with van der Waals surface area (Å²) in [7, 11) is 1.94. The molecule has 5 heteroatoms. The van der Waals surface area contributed by atoms with E-state index in [2.05, 4.69) is 4.98 Å². The molecular formula is C13H16N2O3. The molecule has 0 amide bonds. The topological polar surface area (TPSA) is 66.6 Å². The zero-order valence-corrected chi connectivity index (χ0v) is 10.5. The van der Waals surface area contributed by atoms with E-state index in [1.807, 2.05) is 37.1 Å². The molecule has 96 valence electrons. The predicted octanol–water partition coefficient (Wildman–Crippen LogP) is 2.44. The number of hydrogen-bond acceptors (Lipinski definition) is 4. The van der Waals surface area contributed by atoms with Crippen LogP contribution >= 0.6 is 0 Å². The summed E-state index contributed by atoms with van der Waals surface area (Å²) >= 11 is 0. The van der Waals surface area contributed by atoms with Crippen LogP contribution in [0.3, 0.4) is 0 Å². The van der Waals surface area contributed by atoms with Gasteiger partial charge in [-0.1, -0.05) is 0 Å². The summed E-state index contributed by atoms with van der Waals surface area (Å²) in [6.07, 6.45) is 0.813. The molecule has 18 heavy (non-hydrogen) atoms. The summed E-state index contributed by atoms with van der Waals surface area (Å²) in [6, 6.07) is 5.80. The molecule has 2 rings (SSSR count). The number of aliphatic carboxylic acids is 1. The van der Waals surface area contributed by atoms with Crippen molar-refractivity contribution in [3.05, 3.63) is 24.1 Å². The molecule has 0 unspecified atom stereocenters. The number of nitrogens with zero attached hydrogens (tertiary/aromatic N) is 2. The fourth-order valence-corrected chi connectivity index (χ4v) is 1.86. The van der Waals surface area contributed by atoms with Gasteiger partial charge in [-0.15, -0.1) is 0 Å². The van der Waals surface area contributed by atoms with E-state index in [1.54, 1.807) is 0 Å². The largest absolute Gasteiger partial charge is 0.481 e. The normalized spacial score (nSPS) is 10.8. The minimum Gasteiger partial charge on any atom is -0.481 e. The Morgan fingerprint density at radius 3 is 3.00 bits per heavy atom. The zero-order chi connectivity index (χ0) is 13.1. The molecule has 0 spiro atoms. The Labute approximate surface area is 105 Å². The lowest BCUT2D eigenvalue weighted by molar-refractivity contribution is -0.137. The molecule has 0 saturated heterocycles. The number of hydrogen-bond donors (Lipinski definition) is 1. The van der Waals surface area contributed by atoms with Gasteiger partial charge in [0.05, 0.1) is 0 Å². The first-order valence-electron chi connectivity index (χ1n) is 5.86. The van der Waals surface area contributed by atoms with Crippen molar-refractivity contribution in [1.82, 2.24) is 4.98 Å². The molecule has 5 nitrogen and oxygen atoms in total. The van der Waals surface area contributed by atoms with Crippen molar-refractivity contribution < 1.29 is 14.3 Å². The number of carboxylic acids is 1. The average molecular weight is 248 g/mol.